The van der Waals surface area contributed by atoms with Crippen LogP contribution in [0.25, 0.3) is 31.3 Å². The molecular formula is C37H39N9O7. The van der Waals surface area contributed by atoms with Crippen molar-refractivity contribution in [2.45, 2.75) is 52.2 Å². The van der Waals surface area contributed by atoms with Crippen LogP contribution in [0.3, 0.4) is 0 Å². The molecule has 0 bridgehead atoms. The second-order valence-corrected chi connectivity index (χ2v) is 11.3. The molecule has 274 valence electrons. The summed E-state index contributed by atoms with van der Waals surface area (Å²) in [5, 5.41) is 27.9. The second-order valence-electron chi connectivity index (χ2n) is 11.3. The third-order valence-corrected chi connectivity index (χ3v) is 7.19. The number of aliphatic hydroxyl groups excluding tert-OH is 2. The molecule has 0 saturated carbocycles. The first kappa shape index (κ1) is 42.5. The Morgan fingerprint density at radius 3 is 1.38 bits per heavy atom. The maximum absolute atomic E-state index is 12.4. The molecule has 0 aliphatic rings. The van der Waals surface area contributed by atoms with E-state index in [4.69, 9.17) is 36.3 Å². The summed E-state index contributed by atoms with van der Waals surface area (Å²) in [4.78, 5) is 43.1. The van der Waals surface area contributed by atoms with Crippen molar-refractivity contribution in [2.24, 2.45) is 15.3 Å². The van der Waals surface area contributed by atoms with Crippen molar-refractivity contribution in [2.75, 3.05) is 13.2 Å². The second kappa shape index (κ2) is 22.9. The first-order valence-electron chi connectivity index (χ1n) is 16.2. The van der Waals surface area contributed by atoms with Gasteiger partial charge in [-0.2, -0.15) is 0 Å². The molecule has 0 amide bonds. The highest BCUT2D eigenvalue weighted by Gasteiger charge is 2.12. The van der Waals surface area contributed by atoms with Crippen LogP contribution in [0.5, 0.6) is 0 Å². The lowest BCUT2D eigenvalue weighted by molar-refractivity contribution is 0.0196. The van der Waals surface area contributed by atoms with Crippen molar-refractivity contribution in [3.8, 4) is 0 Å². The molecule has 0 fully saturated rings. The van der Waals surface area contributed by atoms with Crippen molar-refractivity contribution < 1.29 is 34.1 Å². The molecule has 0 heterocycles. The number of azide groups is 3. The van der Waals surface area contributed by atoms with Gasteiger partial charge in [-0.3, -0.25) is 4.79 Å². The van der Waals surface area contributed by atoms with Crippen LogP contribution in [0.2, 0.25) is 0 Å². The minimum Gasteiger partial charge on any atom is -0.459 e. The fourth-order valence-electron chi connectivity index (χ4n) is 4.10. The van der Waals surface area contributed by atoms with Gasteiger partial charge in [0.2, 0.25) is 0 Å². The van der Waals surface area contributed by atoms with E-state index in [0.29, 0.717) is 45.2 Å². The Morgan fingerprint density at radius 2 is 1.02 bits per heavy atom. The van der Waals surface area contributed by atoms with E-state index < -0.39 is 24.1 Å². The monoisotopic (exact) mass is 721 g/mol. The van der Waals surface area contributed by atoms with Crippen LogP contribution in [0, 0.1) is 0 Å². The number of ketones is 1. The molecule has 0 spiro atoms. The Balaban J connectivity index is 0.000000279. The Labute approximate surface area is 305 Å². The summed E-state index contributed by atoms with van der Waals surface area (Å²) in [5.74, 6) is -0.571. The molecule has 2 N–H and O–H groups in total. The van der Waals surface area contributed by atoms with Gasteiger partial charge in [0, 0.05) is 42.9 Å². The Hall–Kier alpha value is -6.66. The van der Waals surface area contributed by atoms with Crippen LogP contribution in [0.1, 0.15) is 82.2 Å². The number of carbonyl (C=O) groups is 3. The number of aliphatic hydroxyl groups is 2. The SMILES string of the molecule is CC(CO)OC(=O)c1ccc(N=[N+]=[N-])cc1.CC(O)COC(=O)c1ccc(N=[N+]=[N-])cc1.CCC(C)c1ccc(C(=O)c2ccc(N=[N+]=[N-])cc2)cc1. The minimum absolute atomic E-state index is 0.0295. The highest BCUT2D eigenvalue weighted by atomic mass is 16.6. The summed E-state index contributed by atoms with van der Waals surface area (Å²) in [5.41, 5.74) is 29.3. The summed E-state index contributed by atoms with van der Waals surface area (Å²) >= 11 is 0. The van der Waals surface area contributed by atoms with E-state index >= 15 is 0 Å². The number of benzene rings is 4. The average molecular weight is 722 g/mol. The molecule has 4 aromatic rings. The van der Waals surface area contributed by atoms with Gasteiger partial charge in [0.1, 0.15) is 12.7 Å². The van der Waals surface area contributed by atoms with E-state index in [2.05, 4.69) is 43.9 Å². The highest BCUT2D eigenvalue weighted by molar-refractivity contribution is 6.09. The van der Waals surface area contributed by atoms with Crippen LogP contribution >= 0.6 is 0 Å². The number of hydrogen-bond donors (Lipinski definition) is 2. The smallest absolute Gasteiger partial charge is 0.338 e. The number of carbonyl (C=O) groups excluding carboxylic acids is 3. The molecule has 0 radical (unpaired) electrons. The van der Waals surface area contributed by atoms with Crippen LogP contribution in [-0.4, -0.2) is 53.4 Å². The lowest BCUT2D eigenvalue weighted by Crippen LogP contribution is -2.18. The number of ether oxygens (including phenoxy) is 2. The topological polar surface area (TPSA) is 256 Å². The van der Waals surface area contributed by atoms with E-state index in [9.17, 15) is 14.4 Å². The van der Waals surface area contributed by atoms with Gasteiger partial charge < -0.3 is 19.7 Å². The van der Waals surface area contributed by atoms with Gasteiger partial charge in [0.25, 0.3) is 0 Å². The molecule has 16 nitrogen and oxygen atoms in total. The summed E-state index contributed by atoms with van der Waals surface area (Å²) in [6, 6.07) is 26.4. The van der Waals surface area contributed by atoms with E-state index in [1.807, 2.05) is 24.3 Å². The standard InChI is InChI=1S/C17H17N3O.2C10H11N3O3/c1-3-12(2)13-4-6-14(7-5-13)17(21)15-8-10-16(11-9-15)19-20-18;1-7(14)6-16-10(15)8-2-4-9(5-3-8)12-13-11;1-7(6-14)16-10(15)8-2-4-9(5-3-8)12-13-11/h4-12H,3H2,1-2H3;2*2-5,7,14H,6H2,1H3. The largest absolute Gasteiger partial charge is 0.459 e. The fraction of sp³-hybridized carbons (Fsp3) is 0.270. The molecule has 0 aromatic heterocycles. The van der Waals surface area contributed by atoms with Crippen molar-refractivity contribution in [1.29, 1.82) is 0 Å². The summed E-state index contributed by atoms with van der Waals surface area (Å²) < 4.78 is 9.69. The zero-order valence-electron chi connectivity index (χ0n) is 29.6. The van der Waals surface area contributed by atoms with Crippen molar-refractivity contribution in [1.82, 2.24) is 0 Å². The molecule has 3 unspecified atom stereocenters. The predicted molar refractivity (Wildman–Crippen MR) is 198 cm³/mol. The van der Waals surface area contributed by atoms with Gasteiger partial charge in [-0.05, 0) is 72.6 Å². The number of esters is 2. The first-order valence-corrected chi connectivity index (χ1v) is 16.2. The molecular weight excluding hydrogens is 682 g/mol. The van der Waals surface area contributed by atoms with Gasteiger partial charge in [0.05, 0.1) is 23.8 Å². The van der Waals surface area contributed by atoms with Gasteiger partial charge in [-0.1, -0.05) is 102 Å². The molecule has 0 aliphatic heterocycles. The Morgan fingerprint density at radius 1 is 0.642 bits per heavy atom. The number of nitrogens with zero attached hydrogens (tertiary/aromatic N) is 9. The van der Waals surface area contributed by atoms with Crippen molar-refractivity contribution >= 4 is 34.8 Å². The zero-order valence-corrected chi connectivity index (χ0v) is 29.6. The van der Waals surface area contributed by atoms with Crippen LogP contribution < -0.4 is 0 Å². The lowest BCUT2D eigenvalue weighted by Gasteiger charge is -2.09. The van der Waals surface area contributed by atoms with Crippen LogP contribution in [0.4, 0.5) is 17.1 Å². The third-order valence-electron chi connectivity index (χ3n) is 7.19. The maximum atomic E-state index is 12.4. The van der Waals surface area contributed by atoms with E-state index in [0.717, 1.165) is 6.42 Å². The van der Waals surface area contributed by atoms with Crippen LogP contribution in [-0.2, 0) is 9.47 Å². The number of hydrogen-bond acceptors (Lipinski definition) is 10. The molecule has 3 atom stereocenters. The molecule has 0 saturated heterocycles. The molecule has 4 aromatic carbocycles. The Bertz CT molecular complexity index is 1930. The lowest BCUT2D eigenvalue weighted by atomic mass is 9.95. The zero-order chi connectivity index (χ0) is 39.2. The first-order chi connectivity index (χ1) is 25.4. The van der Waals surface area contributed by atoms with E-state index in [1.165, 1.54) is 61.0 Å². The van der Waals surface area contributed by atoms with Gasteiger partial charge in [-0.25, -0.2) is 9.59 Å². The number of rotatable bonds is 13. The summed E-state index contributed by atoms with van der Waals surface area (Å²) in [6.45, 7) is 7.17. The molecule has 0 aliphatic carbocycles. The molecule has 53 heavy (non-hydrogen) atoms. The quantitative estimate of drug-likeness (QED) is 0.0443. The Kier molecular flexibility index (Phi) is 18.4. The van der Waals surface area contributed by atoms with Crippen LogP contribution in [0.15, 0.2) is 112 Å². The normalized spacial score (nSPS) is 11.4. The van der Waals surface area contributed by atoms with Crippen molar-refractivity contribution in [3.05, 3.63) is 156 Å². The average Bonchev–Trinajstić information content (AvgIpc) is 3.18. The van der Waals surface area contributed by atoms with E-state index in [-0.39, 0.29) is 19.0 Å². The summed E-state index contributed by atoms with van der Waals surface area (Å²) in [7, 11) is 0. The molecule has 16 heteroatoms. The fourth-order valence-corrected chi connectivity index (χ4v) is 4.10. The predicted octanol–water partition coefficient (Wildman–Crippen LogP) is 9.70. The summed E-state index contributed by atoms with van der Waals surface area (Å²) in [6.07, 6.45) is -0.149. The molecule has 4 rings (SSSR count). The van der Waals surface area contributed by atoms with Gasteiger partial charge in [-0.15, -0.1) is 0 Å². The van der Waals surface area contributed by atoms with Gasteiger partial charge in [0.15, 0.2) is 5.78 Å². The van der Waals surface area contributed by atoms with Gasteiger partial charge >= 0.3 is 11.9 Å². The minimum atomic E-state index is -0.689. The van der Waals surface area contributed by atoms with E-state index in [1.54, 1.807) is 31.2 Å². The third kappa shape index (κ3) is 15.0. The maximum Gasteiger partial charge on any atom is 0.338 e. The highest BCUT2D eigenvalue weighted by Crippen LogP contribution is 2.21. The van der Waals surface area contributed by atoms with Crippen molar-refractivity contribution in [3.63, 3.8) is 0 Å².